The first kappa shape index (κ1) is 23.0. The zero-order valence-electron chi connectivity index (χ0n) is 17.6. The van der Waals surface area contributed by atoms with Crippen molar-refractivity contribution < 1.29 is 23.8 Å². The molecule has 0 spiro atoms. The molecule has 0 aliphatic carbocycles. The van der Waals surface area contributed by atoms with Crippen LogP contribution >= 0.6 is 0 Å². The summed E-state index contributed by atoms with van der Waals surface area (Å²) in [6.45, 7) is 9.03. The Morgan fingerprint density at radius 3 is 2.62 bits per heavy atom. The molecule has 0 bridgehead atoms. The number of nitrogens with zero attached hydrogens (tertiary/aromatic N) is 1. The lowest BCUT2D eigenvalue weighted by atomic mass is 10.1. The fourth-order valence-electron chi connectivity index (χ4n) is 3.22. The van der Waals surface area contributed by atoms with Gasteiger partial charge in [0.1, 0.15) is 11.7 Å². The highest BCUT2D eigenvalue weighted by Crippen LogP contribution is 2.21. The number of nitrogens with one attached hydrogen (secondary N) is 1. The fraction of sp³-hybridized carbons (Fsp3) is 0.619. The molecule has 8 heteroatoms. The van der Waals surface area contributed by atoms with Crippen molar-refractivity contribution >= 4 is 12.2 Å². The van der Waals surface area contributed by atoms with Crippen LogP contribution in [0.2, 0.25) is 0 Å². The lowest BCUT2D eigenvalue weighted by Gasteiger charge is -2.22. The Labute approximate surface area is 172 Å². The van der Waals surface area contributed by atoms with E-state index in [0.29, 0.717) is 19.6 Å². The maximum atomic E-state index is 11.9. The Morgan fingerprint density at radius 1 is 1.24 bits per heavy atom. The molecule has 1 heterocycles. The molecule has 1 fully saturated rings. The summed E-state index contributed by atoms with van der Waals surface area (Å²) in [6, 6.07) is 9.58. The Hall–Kier alpha value is -2.32. The van der Waals surface area contributed by atoms with Crippen LogP contribution in [0.25, 0.3) is 0 Å². The summed E-state index contributed by atoms with van der Waals surface area (Å²) in [5.41, 5.74) is 5.58. The van der Waals surface area contributed by atoms with Gasteiger partial charge in [0, 0.05) is 32.1 Å². The SMILES string of the molecule is CC(C)(C)OC(=O)NC1CCN(CCOCC[C@H](OC(N)=O)c2ccccc2)C1. The number of carbonyl (C=O) groups excluding carboxylic acids is 2. The Morgan fingerprint density at radius 2 is 1.97 bits per heavy atom. The van der Waals surface area contributed by atoms with Crippen LogP contribution in [0.5, 0.6) is 0 Å². The molecule has 0 aromatic heterocycles. The van der Waals surface area contributed by atoms with Gasteiger partial charge in [-0.25, -0.2) is 9.59 Å². The average molecular weight is 408 g/mol. The minimum Gasteiger partial charge on any atom is -0.444 e. The van der Waals surface area contributed by atoms with E-state index in [-0.39, 0.29) is 12.1 Å². The second-order valence-electron chi connectivity index (χ2n) is 8.17. The molecule has 3 N–H and O–H groups in total. The molecule has 2 rings (SSSR count). The second kappa shape index (κ2) is 11.0. The van der Waals surface area contributed by atoms with Gasteiger partial charge in [-0.3, -0.25) is 4.90 Å². The minimum atomic E-state index is -0.792. The lowest BCUT2D eigenvalue weighted by Crippen LogP contribution is -2.40. The van der Waals surface area contributed by atoms with E-state index in [4.69, 9.17) is 19.9 Å². The van der Waals surface area contributed by atoms with Crippen molar-refractivity contribution in [2.75, 3.05) is 32.8 Å². The molecular formula is C21H33N3O5. The number of nitrogens with two attached hydrogens (primary N) is 1. The molecule has 0 radical (unpaired) electrons. The summed E-state index contributed by atoms with van der Waals surface area (Å²) >= 11 is 0. The van der Waals surface area contributed by atoms with Crippen LogP contribution in [0, 0.1) is 0 Å². The van der Waals surface area contributed by atoms with Crippen LogP contribution in [-0.4, -0.2) is 61.6 Å². The highest BCUT2D eigenvalue weighted by molar-refractivity contribution is 5.68. The summed E-state index contributed by atoms with van der Waals surface area (Å²) < 4.78 is 16.2. The number of ether oxygens (including phenoxy) is 3. The van der Waals surface area contributed by atoms with Gasteiger partial charge >= 0.3 is 12.2 Å². The topological polar surface area (TPSA) is 103 Å². The van der Waals surface area contributed by atoms with Crippen LogP contribution in [-0.2, 0) is 14.2 Å². The van der Waals surface area contributed by atoms with E-state index in [0.717, 1.165) is 31.6 Å². The number of likely N-dealkylation sites (tertiary alicyclic amines) is 1. The fourth-order valence-corrected chi connectivity index (χ4v) is 3.22. The van der Waals surface area contributed by atoms with Gasteiger partial charge in [-0.2, -0.15) is 0 Å². The van der Waals surface area contributed by atoms with Gasteiger partial charge in [0.15, 0.2) is 0 Å². The monoisotopic (exact) mass is 407 g/mol. The highest BCUT2D eigenvalue weighted by atomic mass is 16.6. The third-order valence-corrected chi connectivity index (χ3v) is 4.50. The maximum Gasteiger partial charge on any atom is 0.407 e. The molecule has 1 aliphatic heterocycles. The van der Waals surface area contributed by atoms with Crippen LogP contribution in [0.3, 0.4) is 0 Å². The van der Waals surface area contributed by atoms with Crippen LogP contribution in [0.15, 0.2) is 30.3 Å². The summed E-state index contributed by atoms with van der Waals surface area (Å²) in [6.07, 6.45) is -0.151. The molecule has 1 saturated heterocycles. The summed E-state index contributed by atoms with van der Waals surface area (Å²) in [5.74, 6) is 0. The molecule has 0 saturated carbocycles. The Kier molecular flexibility index (Phi) is 8.72. The van der Waals surface area contributed by atoms with Gasteiger partial charge in [0.2, 0.25) is 0 Å². The first-order valence-corrected chi connectivity index (χ1v) is 10.0. The van der Waals surface area contributed by atoms with Gasteiger partial charge in [-0.1, -0.05) is 30.3 Å². The first-order valence-electron chi connectivity index (χ1n) is 10.0. The van der Waals surface area contributed by atoms with Crippen molar-refractivity contribution in [3.8, 4) is 0 Å². The summed E-state index contributed by atoms with van der Waals surface area (Å²) in [5, 5.41) is 2.91. The predicted octanol–water partition coefficient (Wildman–Crippen LogP) is 2.83. The van der Waals surface area contributed by atoms with E-state index >= 15 is 0 Å². The van der Waals surface area contributed by atoms with Crippen molar-refractivity contribution in [3.63, 3.8) is 0 Å². The predicted molar refractivity (Wildman–Crippen MR) is 110 cm³/mol. The minimum absolute atomic E-state index is 0.0938. The zero-order valence-corrected chi connectivity index (χ0v) is 17.6. The van der Waals surface area contributed by atoms with Crippen molar-refractivity contribution in [2.24, 2.45) is 5.73 Å². The number of alkyl carbamates (subject to hydrolysis) is 1. The summed E-state index contributed by atoms with van der Waals surface area (Å²) in [4.78, 5) is 25.2. The van der Waals surface area contributed by atoms with Crippen molar-refractivity contribution in [1.82, 2.24) is 10.2 Å². The van der Waals surface area contributed by atoms with Crippen LogP contribution in [0.4, 0.5) is 9.59 Å². The molecule has 2 amide bonds. The smallest absolute Gasteiger partial charge is 0.407 e. The molecule has 8 nitrogen and oxygen atoms in total. The van der Waals surface area contributed by atoms with Gasteiger partial charge in [-0.05, 0) is 32.8 Å². The van der Waals surface area contributed by atoms with E-state index in [1.807, 2.05) is 51.1 Å². The van der Waals surface area contributed by atoms with Gasteiger partial charge in [-0.15, -0.1) is 0 Å². The van der Waals surface area contributed by atoms with Crippen molar-refractivity contribution in [1.29, 1.82) is 0 Å². The largest absolute Gasteiger partial charge is 0.444 e. The summed E-state index contributed by atoms with van der Waals surface area (Å²) in [7, 11) is 0. The number of primary amides is 1. The second-order valence-corrected chi connectivity index (χ2v) is 8.17. The van der Waals surface area contributed by atoms with Gasteiger partial charge in [0.25, 0.3) is 0 Å². The number of hydrogen-bond donors (Lipinski definition) is 2. The third kappa shape index (κ3) is 9.15. The number of amides is 2. The molecule has 2 atom stereocenters. The normalized spacial score (nSPS) is 18.2. The van der Waals surface area contributed by atoms with Crippen molar-refractivity contribution in [3.05, 3.63) is 35.9 Å². The number of benzene rings is 1. The van der Waals surface area contributed by atoms with E-state index in [1.165, 1.54) is 0 Å². The number of carbonyl (C=O) groups is 2. The van der Waals surface area contributed by atoms with Crippen molar-refractivity contribution in [2.45, 2.75) is 51.4 Å². The molecular weight excluding hydrogens is 374 g/mol. The average Bonchev–Trinajstić information content (AvgIpc) is 3.06. The number of hydrogen-bond acceptors (Lipinski definition) is 6. The molecule has 29 heavy (non-hydrogen) atoms. The van der Waals surface area contributed by atoms with E-state index < -0.39 is 17.8 Å². The first-order chi connectivity index (χ1) is 13.7. The Balaban J connectivity index is 1.63. The third-order valence-electron chi connectivity index (χ3n) is 4.50. The molecule has 1 unspecified atom stereocenters. The van der Waals surface area contributed by atoms with E-state index in [1.54, 1.807) is 0 Å². The quantitative estimate of drug-likeness (QED) is 0.610. The van der Waals surface area contributed by atoms with Gasteiger partial charge < -0.3 is 25.3 Å². The molecule has 1 aliphatic rings. The lowest BCUT2D eigenvalue weighted by molar-refractivity contribution is 0.0502. The van der Waals surface area contributed by atoms with E-state index in [9.17, 15) is 9.59 Å². The zero-order chi connectivity index (χ0) is 21.3. The number of rotatable bonds is 9. The van der Waals surface area contributed by atoms with Crippen LogP contribution in [0.1, 0.15) is 45.3 Å². The molecule has 1 aromatic rings. The van der Waals surface area contributed by atoms with Gasteiger partial charge in [0.05, 0.1) is 13.2 Å². The Bertz CT molecular complexity index is 647. The molecule has 1 aromatic carbocycles. The van der Waals surface area contributed by atoms with Crippen LogP contribution < -0.4 is 11.1 Å². The maximum absolute atomic E-state index is 11.9. The van der Waals surface area contributed by atoms with E-state index in [2.05, 4.69) is 10.2 Å². The standard InChI is InChI=1S/C21H33N3O5/c1-21(2,3)29-20(26)23-17-9-11-24(15-17)12-14-27-13-10-18(28-19(22)25)16-7-5-4-6-8-16/h4-8,17-18H,9-15H2,1-3H3,(H2,22,25)(H,23,26)/t17?,18-/m0/s1. The highest BCUT2D eigenvalue weighted by Gasteiger charge is 2.25. The molecule has 162 valence electrons.